The molecule has 0 aromatic heterocycles. The zero-order chi connectivity index (χ0) is 24.2. The standard InChI is InChI=1S/C23H20F6N2O2/c24-22(25,26)14-30-21(33)17-6-1-16(2-7-17)13-31(19-10-11-19)20(32)12-5-15-3-8-18(9-4-15)23(27,28)29/h1-9,12,19H,10-11,13-14H2,(H,30,33)/b12-5+. The number of carbonyl (C=O) groups is 2. The maximum Gasteiger partial charge on any atom is 0.416 e. The lowest BCUT2D eigenvalue weighted by molar-refractivity contribution is -0.137. The first kappa shape index (κ1) is 24.3. The Hall–Kier alpha value is -3.30. The fraction of sp³-hybridized carbons (Fsp3) is 0.304. The molecule has 4 nitrogen and oxygen atoms in total. The van der Waals surface area contributed by atoms with Gasteiger partial charge in [-0.15, -0.1) is 0 Å². The molecular formula is C23H20F6N2O2. The largest absolute Gasteiger partial charge is 0.416 e. The molecule has 0 heterocycles. The van der Waals surface area contributed by atoms with Crippen LogP contribution in [0.25, 0.3) is 6.08 Å². The number of carbonyl (C=O) groups excluding carboxylic acids is 2. The molecule has 10 heteroatoms. The smallest absolute Gasteiger partial charge is 0.343 e. The summed E-state index contributed by atoms with van der Waals surface area (Å²) in [6.45, 7) is -1.20. The highest BCUT2D eigenvalue weighted by Gasteiger charge is 2.32. The molecule has 2 aromatic carbocycles. The molecule has 0 bridgehead atoms. The van der Waals surface area contributed by atoms with Crippen LogP contribution in [0.4, 0.5) is 26.3 Å². The summed E-state index contributed by atoms with van der Waals surface area (Å²) in [7, 11) is 0. The molecule has 0 saturated heterocycles. The minimum atomic E-state index is -4.51. The van der Waals surface area contributed by atoms with E-state index in [1.165, 1.54) is 36.4 Å². The zero-order valence-electron chi connectivity index (χ0n) is 17.2. The summed E-state index contributed by atoms with van der Waals surface area (Å²) in [4.78, 5) is 26.1. The van der Waals surface area contributed by atoms with Crippen molar-refractivity contribution in [3.8, 4) is 0 Å². The van der Waals surface area contributed by atoms with Crippen molar-refractivity contribution in [2.45, 2.75) is 37.8 Å². The summed E-state index contributed by atoms with van der Waals surface area (Å²) in [5, 5.41) is 1.79. The van der Waals surface area contributed by atoms with Gasteiger partial charge in [-0.2, -0.15) is 26.3 Å². The Morgan fingerprint density at radius 3 is 2.06 bits per heavy atom. The van der Waals surface area contributed by atoms with Crippen molar-refractivity contribution in [2.75, 3.05) is 6.54 Å². The van der Waals surface area contributed by atoms with Gasteiger partial charge in [0.25, 0.3) is 5.91 Å². The predicted molar refractivity (Wildman–Crippen MR) is 109 cm³/mol. The SMILES string of the molecule is O=C(NCC(F)(F)F)c1ccc(CN(C(=O)/C=C/c2ccc(C(F)(F)F)cc2)C2CC2)cc1. The van der Waals surface area contributed by atoms with Gasteiger partial charge in [-0.25, -0.2) is 0 Å². The number of hydrogen-bond donors (Lipinski definition) is 1. The van der Waals surface area contributed by atoms with Crippen molar-refractivity contribution >= 4 is 17.9 Å². The van der Waals surface area contributed by atoms with Crippen LogP contribution >= 0.6 is 0 Å². The van der Waals surface area contributed by atoms with Gasteiger partial charge in [-0.3, -0.25) is 9.59 Å². The maximum absolute atomic E-state index is 12.7. The first-order valence-electron chi connectivity index (χ1n) is 10.0. The number of nitrogens with one attached hydrogen (secondary N) is 1. The molecule has 1 saturated carbocycles. The monoisotopic (exact) mass is 470 g/mol. The summed E-state index contributed by atoms with van der Waals surface area (Å²) in [6.07, 6.45) is -4.58. The highest BCUT2D eigenvalue weighted by atomic mass is 19.4. The van der Waals surface area contributed by atoms with Gasteiger partial charge in [0.1, 0.15) is 6.54 Å². The first-order chi connectivity index (χ1) is 15.4. The van der Waals surface area contributed by atoms with E-state index in [9.17, 15) is 35.9 Å². The van der Waals surface area contributed by atoms with Crippen LogP contribution in [0.15, 0.2) is 54.6 Å². The van der Waals surface area contributed by atoms with E-state index in [-0.39, 0.29) is 24.1 Å². The Morgan fingerprint density at radius 2 is 1.55 bits per heavy atom. The molecule has 1 fully saturated rings. The van der Waals surface area contributed by atoms with Crippen LogP contribution in [0.5, 0.6) is 0 Å². The van der Waals surface area contributed by atoms with E-state index in [1.54, 1.807) is 22.3 Å². The Balaban J connectivity index is 1.62. The van der Waals surface area contributed by atoms with E-state index >= 15 is 0 Å². The molecule has 0 aliphatic heterocycles. The first-order valence-corrected chi connectivity index (χ1v) is 10.0. The van der Waals surface area contributed by atoms with Gasteiger partial charge >= 0.3 is 12.4 Å². The van der Waals surface area contributed by atoms with E-state index in [4.69, 9.17) is 0 Å². The van der Waals surface area contributed by atoms with Gasteiger partial charge in [0, 0.05) is 24.2 Å². The fourth-order valence-electron chi connectivity index (χ4n) is 3.06. The molecule has 0 unspecified atom stereocenters. The molecule has 2 aromatic rings. The van der Waals surface area contributed by atoms with E-state index < -0.39 is 30.4 Å². The molecular weight excluding hydrogens is 450 g/mol. The lowest BCUT2D eigenvalue weighted by atomic mass is 10.1. The van der Waals surface area contributed by atoms with Crippen LogP contribution in [0.2, 0.25) is 0 Å². The Kier molecular flexibility index (Phi) is 7.14. The number of hydrogen-bond acceptors (Lipinski definition) is 2. The third kappa shape index (κ3) is 7.37. The van der Waals surface area contributed by atoms with E-state index in [1.807, 2.05) is 0 Å². The summed E-state index contributed by atoms with van der Waals surface area (Å²) < 4.78 is 74.6. The van der Waals surface area contributed by atoms with Crippen molar-refractivity contribution < 1.29 is 35.9 Å². The number of halogens is 6. The average molecular weight is 470 g/mol. The topological polar surface area (TPSA) is 49.4 Å². The predicted octanol–water partition coefficient (Wildman–Crippen LogP) is 5.20. The van der Waals surface area contributed by atoms with Gasteiger partial charge in [-0.05, 0) is 54.3 Å². The molecule has 176 valence electrons. The van der Waals surface area contributed by atoms with Gasteiger partial charge in [-0.1, -0.05) is 24.3 Å². The molecule has 33 heavy (non-hydrogen) atoms. The minimum Gasteiger partial charge on any atom is -0.343 e. The summed E-state index contributed by atoms with van der Waals surface area (Å²) in [5.41, 5.74) is 0.419. The molecule has 0 radical (unpaired) electrons. The van der Waals surface area contributed by atoms with Crippen LogP contribution in [0.3, 0.4) is 0 Å². The molecule has 1 aliphatic rings. The average Bonchev–Trinajstić information content (AvgIpc) is 3.59. The van der Waals surface area contributed by atoms with Crippen LogP contribution in [-0.2, 0) is 17.5 Å². The fourth-order valence-corrected chi connectivity index (χ4v) is 3.06. The van der Waals surface area contributed by atoms with Crippen LogP contribution in [0.1, 0.15) is 39.9 Å². The number of alkyl halides is 6. The highest BCUT2D eigenvalue weighted by molar-refractivity contribution is 5.94. The van der Waals surface area contributed by atoms with Crippen molar-refractivity contribution in [2.24, 2.45) is 0 Å². The van der Waals surface area contributed by atoms with Crippen molar-refractivity contribution in [1.29, 1.82) is 0 Å². The molecule has 2 amide bonds. The third-order valence-corrected chi connectivity index (χ3v) is 4.95. The van der Waals surface area contributed by atoms with Gasteiger partial charge in [0.2, 0.25) is 5.91 Å². The zero-order valence-corrected chi connectivity index (χ0v) is 17.2. The van der Waals surface area contributed by atoms with Gasteiger partial charge < -0.3 is 10.2 Å². The molecule has 1 aliphatic carbocycles. The van der Waals surface area contributed by atoms with Crippen LogP contribution in [0, 0.1) is 0 Å². The maximum atomic E-state index is 12.7. The van der Waals surface area contributed by atoms with Gasteiger partial charge in [0.15, 0.2) is 0 Å². The number of benzene rings is 2. The molecule has 1 N–H and O–H groups in total. The second kappa shape index (κ2) is 9.68. The number of amides is 2. The quantitative estimate of drug-likeness (QED) is 0.447. The second-order valence-electron chi connectivity index (χ2n) is 7.65. The Labute approximate surface area is 185 Å². The lowest BCUT2D eigenvalue weighted by Crippen LogP contribution is -2.33. The summed E-state index contributed by atoms with van der Waals surface area (Å²) >= 11 is 0. The van der Waals surface area contributed by atoms with E-state index in [2.05, 4.69) is 0 Å². The summed E-state index contributed by atoms with van der Waals surface area (Å²) in [5.74, 6) is -1.17. The normalized spacial score (nSPS) is 14.4. The van der Waals surface area contributed by atoms with Crippen LogP contribution in [-0.4, -0.2) is 35.5 Å². The highest BCUT2D eigenvalue weighted by Crippen LogP contribution is 2.30. The van der Waals surface area contributed by atoms with E-state index in [0.717, 1.165) is 25.0 Å². The van der Waals surface area contributed by atoms with Gasteiger partial charge in [0.05, 0.1) is 5.56 Å². The number of rotatable bonds is 7. The third-order valence-electron chi connectivity index (χ3n) is 4.95. The summed E-state index contributed by atoms with van der Waals surface area (Å²) in [6, 6.07) is 10.3. The Morgan fingerprint density at radius 1 is 0.939 bits per heavy atom. The number of nitrogens with zero attached hydrogens (tertiary/aromatic N) is 1. The minimum absolute atomic E-state index is 0.0320. The molecule has 3 rings (SSSR count). The van der Waals surface area contributed by atoms with Crippen molar-refractivity contribution in [3.63, 3.8) is 0 Å². The Bertz CT molecular complexity index is 1010. The van der Waals surface area contributed by atoms with E-state index in [0.29, 0.717) is 11.1 Å². The molecule has 0 atom stereocenters. The van der Waals surface area contributed by atoms with Crippen molar-refractivity contribution in [1.82, 2.24) is 10.2 Å². The van der Waals surface area contributed by atoms with Crippen molar-refractivity contribution in [3.05, 3.63) is 76.9 Å². The van der Waals surface area contributed by atoms with Crippen LogP contribution < -0.4 is 5.32 Å². The molecule has 0 spiro atoms. The lowest BCUT2D eigenvalue weighted by Gasteiger charge is -2.21. The second-order valence-corrected chi connectivity index (χ2v) is 7.65.